The molecule has 0 atom stereocenters. The van der Waals surface area contributed by atoms with E-state index in [1.165, 1.54) is 0 Å². The van der Waals surface area contributed by atoms with E-state index in [9.17, 15) is 8.42 Å². The average Bonchev–Trinajstić information content (AvgIpc) is 3.10. The standard InChI is InChI=1S/C22H21N3O2S/c1-16-10-13-18(14-11-16)28(26,27)25-19-7-3-2-6-17(19)12-15-22-23-20-8-4-5-9-21(20)24-22/h2-11,13-14,25H,12,15H2,1H3,(H,23,24). The second-order valence-corrected chi connectivity index (χ2v) is 8.46. The van der Waals surface area contributed by atoms with Gasteiger partial charge in [-0.25, -0.2) is 13.4 Å². The van der Waals surface area contributed by atoms with Gasteiger partial charge in [-0.3, -0.25) is 4.72 Å². The number of hydrogen-bond acceptors (Lipinski definition) is 3. The zero-order chi connectivity index (χ0) is 19.6. The van der Waals surface area contributed by atoms with Crippen molar-refractivity contribution in [2.24, 2.45) is 0 Å². The molecule has 0 bridgehead atoms. The number of aromatic amines is 1. The third kappa shape index (κ3) is 3.92. The van der Waals surface area contributed by atoms with Gasteiger partial charge in [0.1, 0.15) is 5.82 Å². The van der Waals surface area contributed by atoms with Gasteiger partial charge in [-0.2, -0.15) is 0 Å². The normalized spacial score (nSPS) is 11.6. The summed E-state index contributed by atoms with van der Waals surface area (Å²) in [6.07, 6.45) is 1.37. The summed E-state index contributed by atoms with van der Waals surface area (Å²) in [4.78, 5) is 8.16. The van der Waals surface area contributed by atoms with Crippen molar-refractivity contribution in [1.82, 2.24) is 9.97 Å². The molecule has 0 spiro atoms. The summed E-state index contributed by atoms with van der Waals surface area (Å²) in [5, 5.41) is 0. The van der Waals surface area contributed by atoms with Gasteiger partial charge in [-0.1, -0.05) is 48.0 Å². The molecule has 4 aromatic rings. The van der Waals surface area contributed by atoms with Gasteiger partial charge < -0.3 is 4.98 Å². The summed E-state index contributed by atoms with van der Waals surface area (Å²) >= 11 is 0. The number of para-hydroxylation sites is 3. The first-order chi connectivity index (χ1) is 13.5. The van der Waals surface area contributed by atoms with Gasteiger partial charge in [0.2, 0.25) is 0 Å². The summed E-state index contributed by atoms with van der Waals surface area (Å²) < 4.78 is 28.2. The minimum atomic E-state index is -3.63. The number of aromatic nitrogens is 2. The van der Waals surface area contributed by atoms with Gasteiger partial charge in [0.05, 0.1) is 21.6 Å². The molecule has 0 saturated carbocycles. The van der Waals surface area contributed by atoms with Crippen molar-refractivity contribution >= 4 is 26.7 Å². The number of imidazole rings is 1. The molecule has 0 unspecified atom stereocenters. The van der Waals surface area contributed by atoms with Crippen LogP contribution in [0.3, 0.4) is 0 Å². The molecule has 5 nitrogen and oxygen atoms in total. The molecule has 0 fully saturated rings. The van der Waals surface area contributed by atoms with E-state index in [0.717, 1.165) is 28.0 Å². The zero-order valence-corrected chi connectivity index (χ0v) is 16.3. The van der Waals surface area contributed by atoms with Gasteiger partial charge in [-0.05, 0) is 49.2 Å². The van der Waals surface area contributed by atoms with Crippen LogP contribution in [0.2, 0.25) is 0 Å². The molecule has 4 rings (SSSR count). The maximum atomic E-state index is 12.7. The number of nitrogens with zero attached hydrogens (tertiary/aromatic N) is 1. The van der Waals surface area contributed by atoms with Crippen LogP contribution >= 0.6 is 0 Å². The Labute approximate surface area is 164 Å². The Balaban J connectivity index is 1.54. The number of sulfonamides is 1. The summed E-state index contributed by atoms with van der Waals surface area (Å²) in [5.41, 5.74) is 4.49. The largest absolute Gasteiger partial charge is 0.342 e. The molecule has 6 heteroatoms. The first-order valence-electron chi connectivity index (χ1n) is 9.12. The van der Waals surface area contributed by atoms with Crippen molar-refractivity contribution in [2.75, 3.05) is 4.72 Å². The van der Waals surface area contributed by atoms with E-state index >= 15 is 0 Å². The van der Waals surface area contributed by atoms with Crippen LogP contribution in [0.15, 0.2) is 77.7 Å². The zero-order valence-electron chi connectivity index (χ0n) is 15.5. The fourth-order valence-electron chi connectivity index (χ4n) is 3.14. The highest BCUT2D eigenvalue weighted by molar-refractivity contribution is 7.92. The highest BCUT2D eigenvalue weighted by Crippen LogP contribution is 2.22. The maximum Gasteiger partial charge on any atom is 0.261 e. The van der Waals surface area contributed by atoms with E-state index in [-0.39, 0.29) is 4.90 Å². The lowest BCUT2D eigenvalue weighted by Gasteiger charge is -2.12. The Morgan fingerprint density at radius 3 is 2.39 bits per heavy atom. The number of fused-ring (bicyclic) bond motifs is 1. The van der Waals surface area contributed by atoms with E-state index in [0.29, 0.717) is 18.5 Å². The van der Waals surface area contributed by atoms with Crippen LogP contribution < -0.4 is 4.72 Å². The van der Waals surface area contributed by atoms with E-state index in [4.69, 9.17) is 0 Å². The van der Waals surface area contributed by atoms with Crippen molar-refractivity contribution < 1.29 is 8.42 Å². The number of H-pyrrole nitrogens is 1. The van der Waals surface area contributed by atoms with Crippen LogP contribution in [-0.2, 0) is 22.9 Å². The van der Waals surface area contributed by atoms with E-state index < -0.39 is 10.0 Å². The number of nitrogens with one attached hydrogen (secondary N) is 2. The molecule has 0 amide bonds. The van der Waals surface area contributed by atoms with Crippen molar-refractivity contribution in [3.8, 4) is 0 Å². The van der Waals surface area contributed by atoms with Crippen LogP contribution in [0.1, 0.15) is 17.0 Å². The Morgan fingerprint density at radius 1 is 0.893 bits per heavy atom. The highest BCUT2D eigenvalue weighted by Gasteiger charge is 2.16. The van der Waals surface area contributed by atoms with Crippen molar-refractivity contribution in [3.05, 3.63) is 89.7 Å². The maximum absolute atomic E-state index is 12.7. The summed E-state index contributed by atoms with van der Waals surface area (Å²) in [7, 11) is -3.63. The minimum Gasteiger partial charge on any atom is -0.342 e. The summed E-state index contributed by atoms with van der Waals surface area (Å²) in [6, 6.07) is 22.2. The third-order valence-electron chi connectivity index (χ3n) is 4.66. The predicted octanol–water partition coefficient (Wildman–Crippen LogP) is 4.46. The summed E-state index contributed by atoms with van der Waals surface area (Å²) in [5.74, 6) is 0.886. The topological polar surface area (TPSA) is 74.8 Å². The number of benzene rings is 3. The van der Waals surface area contributed by atoms with Gasteiger partial charge >= 0.3 is 0 Å². The first kappa shape index (κ1) is 18.3. The Hall–Kier alpha value is -3.12. The molecule has 1 heterocycles. The second-order valence-electron chi connectivity index (χ2n) is 6.78. The minimum absolute atomic E-state index is 0.255. The second kappa shape index (κ2) is 7.48. The smallest absolute Gasteiger partial charge is 0.261 e. The summed E-state index contributed by atoms with van der Waals surface area (Å²) in [6.45, 7) is 1.93. The molecule has 142 valence electrons. The van der Waals surface area contributed by atoms with E-state index in [1.807, 2.05) is 49.4 Å². The average molecular weight is 391 g/mol. The molecular weight excluding hydrogens is 370 g/mol. The monoisotopic (exact) mass is 391 g/mol. The van der Waals surface area contributed by atoms with E-state index in [1.54, 1.807) is 30.3 Å². The van der Waals surface area contributed by atoms with Gasteiger partial charge in [-0.15, -0.1) is 0 Å². The fourth-order valence-corrected chi connectivity index (χ4v) is 4.24. The van der Waals surface area contributed by atoms with Gasteiger partial charge in [0, 0.05) is 6.42 Å². The molecule has 0 radical (unpaired) electrons. The Morgan fingerprint density at radius 2 is 1.61 bits per heavy atom. The molecule has 0 aliphatic carbocycles. The van der Waals surface area contributed by atoms with E-state index in [2.05, 4.69) is 14.7 Å². The third-order valence-corrected chi connectivity index (χ3v) is 6.04. The Kier molecular flexibility index (Phi) is 4.88. The lowest BCUT2D eigenvalue weighted by molar-refractivity contribution is 0.601. The molecule has 0 aliphatic heterocycles. The van der Waals surface area contributed by atoms with Crippen molar-refractivity contribution in [1.29, 1.82) is 0 Å². The molecular formula is C22H21N3O2S. The molecule has 1 aromatic heterocycles. The van der Waals surface area contributed by atoms with Crippen LogP contribution in [0.5, 0.6) is 0 Å². The van der Waals surface area contributed by atoms with Gasteiger partial charge in [0.15, 0.2) is 0 Å². The fraction of sp³-hybridized carbons (Fsp3) is 0.136. The number of anilines is 1. The molecule has 3 aromatic carbocycles. The highest BCUT2D eigenvalue weighted by atomic mass is 32.2. The molecule has 0 aliphatic rings. The lowest BCUT2D eigenvalue weighted by Crippen LogP contribution is -2.14. The van der Waals surface area contributed by atoms with Crippen molar-refractivity contribution in [3.63, 3.8) is 0 Å². The molecule has 0 saturated heterocycles. The quantitative estimate of drug-likeness (QED) is 0.510. The number of rotatable bonds is 6. The van der Waals surface area contributed by atoms with Crippen LogP contribution in [0.25, 0.3) is 11.0 Å². The predicted molar refractivity (Wildman–Crippen MR) is 112 cm³/mol. The number of aryl methyl sites for hydroxylation is 3. The van der Waals surface area contributed by atoms with Crippen LogP contribution in [0, 0.1) is 6.92 Å². The SMILES string of the molecule is Cc1ccc(S(=O)(=O)Nc2ccccc2CCc2nc3ccccc3[nH]2)cc1. The molecule has 2 N–H and O–H groups in total. The molecule has 28 heavy (non-hydrogen) atoms. The van der Waals surface area contributed by atoms with Crippen LogP contribution in [-0.4, -0.2) is 18.4 Å². The van der Waals surface area contributed by atoms with Crippen LogP contribution in [0.4, 0.5) is 5.69 Å². The first-order valence-corrected chi connectivity index (χ1v) is 10.6. The van der Waals surface area contributed by atoms with Crippen molar-refractivity contribution in [2.45, 2.75) is 24.7 Å². The number of hydrogen-bond donors (Lipinski definition) is 2. The van der Waals surface area contributed by atoms with Gasteiger partial charge in [0.25, 0.3) is 10.0 Å². The Bertz CT molecular complexity index is 1180. The lowest BCUT2D eigenvalue weighted by atomic mass is 10.1.